The minimum atomic E-state index is 1.30. The van der Waals surface area contributed by atoms with Gasteiger partial charge in [0.25, 0.3) is 0 Å². The van der Waals surface area contributed by atoms with Gasteiger partial charge in [-0.3, -0.25) is 0 Å². The molecule has 0 amide bonds. The first-order valence-corrected chi connectivity index (χ1v) is 20.2. The van der Waals surface area contributed by atoms with Gasteiger partial charge >= 0.3 is 0 Å². The average molecular weight is 587 g/mol. The largest absolute Gasteiger partial charge is 0.0885 e. The fourth-order valence-electron chi connectivity index (χ4n) is 6.26. The molecule has 0 radical (unpaired) electrons. The van der Waals surface area contributed by atoms with Crippen LogP contribution >= 0.6 is 0 Å². The van der Waals surface area contributed by atoms with Crippen LogP contribution in [0.5, 0.6) is 0 Å². The molecule has 0 spiro atoms. The highest BCUT2D eigenvalue weighted by Crippen LogP contribution is 2.16. The van der Waals surface area contributed by atoms with E-state index in [2.05, 4.69) is 38.2 Å². The summed E-state index contributed by atoms with van der Waals surface area (Å²) < 4.78 is 0. The lowest BCUT2D eigenvalue weighted by atomic mass is 10.0. The molecule has 0 heterocycles. The van der Waals surface area contributed by atoms with E-state index in [1.807, 2.05) is 0 Å². The number of rotatable bonds is 37. The fraction of sp³-hybridized carbons (Fsp3) is 0.905. The highest BCUT2D eigenvalue weighted by Gasteiger charge is 1.96. The molecule has 0 aliphatic carbocycles. The topological polar surface area (TPSA) is 0 Å². The molecule has 0 atom stereocenters. The second kappa shape index (κ2) is 40.5. The van der Waals surface area contributed by atoms with E-state index in [9.17, 15) is 0 Å². The molecule has 0 aliphatic rings. The van der Waals surface area contributed by atoms with Gasteiger partial charge in [-0.05, 0) is 51.4 Å². The van der Waals surface area contributed by atoms with Crippen LogP contribution in [0.4, 0.5) is 0 Å². The molecule has 250 valence electrons. The monoisotopic (exact) mass is 587 g/mol. The van der Waals surface area contributed by atoms with Crippen molar-refractivity contribution in [3.8, 4) is 0 Å². The number of hydrogen-bond acceptors (Lipinski definition) is 0. The van der Waals surface area contributed by atoms with E-state index in [1.165, 1.54) is 231 Å². The molecule has 0 heteroatoms. The zero-order valence-corrected chi connectivity index (χ0v) is 29.8. The normalized spacial score (nSPS) is 12.0. The summed E-state index contributed by atoms with van der Waals surface area (Å²) >= 11 is 0. The van der Waals surface area contributed by atoms with Crippen molar-refractivity contribution < 1.29 is 0 Å². The Hall–Kier alpha value is -0.520. The summed E-state index contributed by atoms with van der Waals surface area (Å²) in [5, 5.41) is 0. The molecular formula is C42H82. The lowest BCUT2D eigenvalue weighted by Gasteiger charge is -2.04. The first-order chi connectivity index (χ1) is 20.9. The van der Waals surface area contributed by atoms with Crippen LogP contribution in [0, 0.1) is 0 Å². The van der Waals surface area contributed by atoms with Crippen LogP contribution in [0.25, 0.3) is 0 Å². The summed E-state index contributed by atoms with van der Waals surface area (Å²) in [5.41, 5.74) is 0. The van der Waals surface area contributed by atoms with Crippen LogP contribution in [-0.2, 0) is 0 Å². The lowest BCUT2D eigenvalue weighted by molar-refractivity contribution is 0.522. The van der Waals surface area contributed by atoms with Crippen LogP contribution in [-0.4, -0.2) is 0 Å². The molecule has 0 aromatic heterocycles. The average Bonchev–Trinajstić information content (AvgIpc) is 3.00. The third-order valence-electron chi connectivity index (χ3n) is 9.27. The van der Waals surface area contributed by atoms with Gasteiger partial charge in [0.15, 0.2) is 0 Å². The molecule has 42 heavy (non-hydrogen) atoms. The van der Waals surface area contributed by atoms with Crippen molar-refractivity contribution in [2.24, 2.45) is 0 Å². The molecule has 0 fully saturated rings. The third kappa shape index (κ3) is 39.5. The van der Waals surface area contributed by atoms with Crippen LogP contribution < -0.4 is 0 Å². The van der Waals surface area contributed by atoms with Crippen molar-refractivity contribution in [1.29, 1.82) is 0 Å². The van der Waals surface area contributed by atoms with Gasteiger partial charge in [0.1, 0.15) is 0 Å². The van der Waals surface area contributed by atoms with Crippen molar-refractivity contribution in [2.45, 2.75) is 245 Å². The lowest BCUT2D eigenvalue weighted by Crippen LogP contribution is -1.84. The first kappa shape index (κ1) is 41.5. The standard InChI is InChI=1S/C42H82/c1-3-5-7-9-11-13-15-17-19-21-23-25-27-29-31-33-35-37-39-41-42-40-38-36-34-32-30-28-26-24-22-20-18-16-14-12-10-8-6-4-2/h17,19,37,39H,3-16,18,20-36,38,40-42H2,1-2H3/b19-17-,39-37?. The van der Waals surface area contributed by atoms with Gasteiger partial charge in [-0.2, -0.15) is 0 Å². The summed E-state index contributed by atoms with van der Waals surface area (Å²) in [6.45, 7) is 4.60. The van der Waals surface area contributed by atoms with E-state index in [-0.39, 0.29) is 0 Å². The molecule has 0 saturated carbocycles. The van der Waals surface area contributed by atoms with E-state index in [0.29, 0.717) is 0 Å². The van der Waals surface area contributed by atoms with Crippen molar-refractivity contribution in [2.75, 3.05) is 0 Å². The van der Waals surface area contributed by atoms with Gasteiger partial charge in [0, 0.05) is 0 Å². The third-order valence-corrected chi connectivity index (χ3v) is 9.27. The smallest absolute Gasteiger partial charge is 0.0351 e. The highest BCUT2D eigenvalue weighted by atomic mass is 14.0. The summed E-state index contributed by atoms with van der Waals surface area (Å²) in [4.78, 5) is 0. The van der Waals surface area contributed by atoms with Crippen LogP contribution in [0.3, 0.4) is 0 Å². The summed E-state index contributed by atoms with van der Waals surface area (Å²) in [6, 6.07) is 0. The maximum absolute atomic E-state index is 2.46. The van der Waals surface area contributed by atoms with Crippen molar-refractivity contribution in [3.63, 3.8) is 0 Å². The van der Waals surface area contributed by atoms with E-state index in [1.54, 1.807) is 0 Å². The zero-order chi connectivity index (χ0) is 30.3. The Morgan fingerprint density at radius 3 is 0.500 bits per heavy atom. The van der Waals surface area contributed by atoms with Crippen molar-refractivity contribution in [1.82, 2.24) is 0 Å². The van der Waals surface area contributed by atoms with Gasteiger partial charge in [0.2, 0.25) is 0 Å². The van der Waals surface area contributed by atoms with Crippen LogP contribution in [0.15, 0.2) is 24.3 Å². The molecular weight excluding hydrogens is 504 g/mol. The van der Waals surface area contributed by atoms with Gasteiger partial charge in [-0.25, -0.2) is 0 Å². The van der Waals surface area contributed by atoms with E-state index in [0.717, 1.165) is 0 Å². The van der Waals surface area contributed by atoms with E-state index >= 15 is 0 Å². The number of hydrogen-bond donors (Lipinski definition) is 0. The number of allylic oxidation sites excluding steroid dienone is 4. The quantitative estimate of drug-likeness (QED) is 0.0501. The van der Waals surface area contributed by atoms with E-state index in [4.69, 9.17) is 0 Å². The molecule has 0 nitrogen and oxygen atoms in total. The highest BCUT2D eigenvalue weighted by molar-refractivity contribution is 4.82. The maximum Gasteiger partial charge on any atom is -0.0351 e. The predicted molar refractivity (Wildman–Crippen MR) is 196 cm³/mol. The number of unbranched alkanes of at least 4 members (excludes halogenated alkanes) is 33. The first-order valence-electron chi connectivity index (χ1n) is 20.2. The molecule has 0 aromatic carbocycles. The maximum atomic E-state index is 2.46. The summed E-state index contributed by atoms with van der Waals surface area (Å²) in [5.74, 6) is 0. The minimum Gasteiger partial charge on any atom is -0.0885 e. The van der Waals surface area contributed by atoms with E-state index < -0.39 is 0 Å². The molecule has 0 N–H and O–H groups in total. The van der Waals surface area contributed by atoms with Crippen LogP contribution in [0.1, 0.15) is 245 Å². The minimum absolute atomic E-state index is 1.30. The molecule has 0 rings (SSSR count). The van der Waals surface area contributed by atoms with Gasteiger partial charge < -0.3 is 0 Å². The van der Waals surface area contributed by atoms with Crippen molar-refractivity contribution in [3.05, 3.63) is 24.3 Å². The zero-order valence-electron chi connectivity index (χ0n) is 29.8. The molecule has 0 bridgehead atoms. The summed E-state index contributed by atoms with van der Waals surface area (Å²) in [7, 11) is 0. The van der Waals surface area contributed by atoms with Gasteiger partial charge in [-0.15, -0.1) is 0 Å². The Bertz CT molecular complexity index is 500. The summed E-state index contributed by atoms with van der Waals surface area (Å²) in [6.07, 6.45) is 61.4. The molecule has 0 aliphatic heterocycles. The Balaban J connectivity index is 3.12. The Labute approximate surface area is 268 Å². The second-order valence-corrected chi connectivity index (χ2v) is 13.7. The van der Waals surface area contributed by atoms with Gasteiger partial charge in [-0.1, -0.05) is 218 Å². The second-order valence-electron chi connectivity index (χ2n) is 13.7. The van der Waals surface area contributed by atoms with Gasteiger partial charge in [0.05, 0.1) is 0 Å². The Morgan fingerprint density at radius 2 is 0.333 bits per heavy atom. The SMILES string of the molecule is CCCCCCCC/C=C\CCCCCCCCC=CCCCCCCCCCCCCCCCCCCCCCC. The molecule has 0 aromatic rings. The van der Waals surface area contributed by atoms with Crippen molar-refractivity contribution >= 4 is 0 Å². The fourth-order valence-corrected chi connectivity index (χ4v) is 6.26. The molecule has 0 saturated heterocycles. The molecule has 0 unspecified atom stereocenters. The Kier molecular flexibility index (Phi) is 40.0. The predicted octanol–water partition coefficient (Wildman–Crippen LogP) is 16.2. The van der Waals surface area contributed by atoms with Crippen LogP contribution in [0.2, 0.25) is 0 Å². The Morgan fingerprint density at radius 1 is 0.190 bits per heavy atom.